The van der Waals surface area contributed by atoms with E-state index in [-0.39, 0.29) is 22.1 Å². The van der Waals surface area contributed by atoms with E-state index in [2.05, 4.69) is 0 Å². The molecule has 0 aliphatic carbocycles. The number of amides is 2. The minimum absolute atomic E-state index is 0.0610. The van der Waals surface area contributed by atoms with Crippen molar-refractivity contribution in [2.75, 3.05) is 12.3 Å². The Morgan fingerprint density at radius 2 is 1.62 bits per heavy atom. The summed E-state index contributed by atoms with van der Waals surface area (Å²) in [6.45, 7) is -1.04. The van der Waals surface area contributed by atoms with E-state index in [1.807, 2.05) is 0 Å². The number of aliphatic carboxylic acids is 2. The average molecular weight is 387 g/mol. The van der Waals surface area contributed by atoms with Crippen LogP contribution in [0.3, 0.4) is 0 Å². The summed E-state index contributed by atoms with van der Waals surface area (Å²) in [7, 11) is -4.53. The zero-order valence-corrected chi connectivity index (χ0v) is 13.8. The van der Waals surface area contributed by atoms with Crippen LogP contribution in [0.1, 0.15) is 12.8 Å². The second kappa shape index (κ2) is 9.53. The predicted octanol–water partition coefficient (Wildman–Crippen LogP) is -2.52. The van der Waals surface area contributed by atoms with E-state index in [4.69, 9.17) is 26.2 Å². The molecule has 7 N–H and O–H groups in total. The molecular formula is C10H17N3O9S2. The molecule has 2 amide bonds. The fourth-order valence-corrected chi connectivity index (χ4v) is 2.81. The van der Waals surface area contributed by atoms with Crippen molar-refractivity contribution < 1.29 is 42.4 Å². The molecule has 2 unspecified atom stereocenters. The van der Waals surface area contributed by atoms with E-state index in [0.29, 0.717) is 0 Å². The average Bonchev–Trinajstić information content (AvgIpc) is 2.45. The number of hydrogen-bond donors (Lipinski definition) is 5. The Hall–Kier alpha value is -1.74. The van der Waals surface area contributed by atoms with Crippen LogP contribution in [0.15, 0.2) is 0 Å². The summed E-state index contributed by atoms with van der Waals surface area (Å²) >= 11 is 0. The lowest BCUT2D eigenvalue weighted by atomic mass is 10.1. The van der Waals surface area contributed by atoms with Crippen molar-refractivity contribution in [2.45, 2.75) is 24.9 Å². The molecule has 0 saturated carbocycles. The van der Waals surface area contributed by atoms with Crippen LogP contribution in [-0.2, 0) is 28.3 Å². The smallest absolute Gasteiger partial charge is 0.323 e. The van der Waals surface area contributed by atoms with E-state index in [1.165, 1.54) is 0 Å². The predicted molar refractivity (Wildman–Crippen MR) is 81.2 cm³/mol. The van der Waals surface area contributed by atoms with E-state index in [0.717, 1.165) is 0 Å². The van der Waals surface area contributed by atoms with Gasteiger partial charge >= 0.3 is 21.1 Å². The van der Waals surface area contributed by atoms with Gasteiger partial charge in [-0.1, -0.05) is 0 Å². The highest BCUT2D eigenvalue weighted by Crippen LogP contribution is 2.12. The molecule has 14 heteroatoms. The molecule has 0 aliphatic heterocycles. The third kappa shape index (κ3) is 8.78. The largest absolute Gasteiger partial charge is 0.480 e. The van der Waals surface area contributed by atoms with E-state index in [9.17, 15) is 27.6 Å². The number of carboxylic acids is 2. The molecule has 0 spiro atoms. The summed E-state index contributed by atoms with van der Waals surface area (Å²) in [6.07, 6.45) is -0.864. The fourth-order valence-electron chi connectivity index (χ4n) is 1.39. The van der Waals surface area contributed by atoms with Gasteiger partial charge < -0.3 is 21.7 Å². The van der Waals surface area contributed by atoms with Crippen LogP contribution in [0.5, 0.6) is 0 Å². The van der Waals surface area contributed by atoms with Crippen molar-refractivity contribution in [2.24, 2.45) is 11.5 Å². The van der Waals surface area contributed by atoms with E-state index >= 15 is 0 Å². The van der Waals surface area contributed by atoms with Gasteiger partial charge in [-0.3, -0.25) is 28.6 Å². The maximum absolute atomic E-state index is 12.0. The third-order valence-electron chi connectivity index (χ3n) is 2.56. The molecule has 0 saturated heterocycles. The van der Waals surface area contributed by atoms with Gasteiger partial charge in [-0.25, -0.2) is 0 Å². The molecule has 0 radical (unpaired) electrons. The fraction of sp³-hybridized carbons (Fsp3) is 0.600. The molecular weight excluding hydrogens is 370 g/mol. The summed E-state index contributed by atoms with van der Waals surface area (Å²) in [6, 6.07) is -2.95. The first-order valence-corrected chi connectivity index (χ1v) is 9.21. The monoisotopic (exact) mass is 387 g/mol. The van der Waals surface area contributed by atoms with Gasteiger partial charge in [0, 0.05) is 12.2 Å². The maximum atomic E-state index is 12.0. The van der Waals surface area contributed by atoms with Gasteiger partial charge in [0.2, 0.25) is 11.8 Å². The van der Waals surface area contributed by atoms with Crippen molar-refractivity contribution in [3.05, 3.63) is 0 Å². The number of nitrogens with zero attached hydrogens (tertiary/aromatic N) is 1. The molecule has 0 fully saturated rings. The first-order chi connectivity index (χ1) is 10.8. The van der Waals surface area contributed by atoms with Crippen LogP contribution in [-0.4, -0.2) is 76.2 Å². The standard InChI is InChI=1S/C10H17N3O9S2/c11-5(10(18)19)1-2-7(14)13(3-8(15)16)9(17)6(12)4-23-24(20,21)22/h5-6H,1-4,11-12H2,(H,15,16)(H,18,19)(H,20,21,22). The summed E-state index contributed by atoms with van der Waals surface area (Å²) in [4.78, 5) is 45.5. The zero-order chi connectivity index (χ0) is 19.1. The number of imide groups is 1. The van der Waals surface area contributed by atoms with Gasteiger partial charge in [-0.2, -0.15) is 8.42 Å². The number of carbonyl (C=O) groups excluding carboxylic acids is 2. The summed E-state index contributed by atoms with van der Waals surface area (Å²) < 4.78 is 29.7. The van der Waals surface area contributed by atoms with Crippen LogP contribution in [0.2, 0.25) is 0 Å². The molecule has 2 atom stereocenters. The molecule has 0 aromatic heterocycles. The second-order valence-electron chi connectivity index (χ2n) is 4.51. The van der Waals surface area contributed by atoms with Crippen LogP contribution in [0.4, 0.5) is 0 Å². The molecule has 0 aromatic carbocycles. The maximum Gasteiger partial charge on any atom is 0.323 e. The van der Waals surface area contributed by atoms with Crippen LogP contribution >= 0.6 is 10.8 Å². The van der Waals surface area contributed by atoms with Gasteiger partial charge in [0.25, 0.3) is 0 Å². The quantitative estimate of drug-likeness (QED) is 0.194. The van der Waals surface area contributed by atoms with Crippen molar-refractivity contribution in [3.63, 3.8) is 0 Å². The zero-order valence-electron chi connectivity index (χ0n) is 12.2. The Morgan fingerprint density at radius 3 is 2.04 bits per heavy atom. The summed E-state index contributed by atoms with van der Waals surface area (Å²) in [5.74, 6) is -5.72. The lowest BCUT2D eigenvalue weighted by molar-refractivity contribution is -0.153. The highest BCUT2D eigenvalue weighted by atomic mass is 33.1. The normalized spacial score (nSPS) is 13.8. The van der Waals surface area contributed by atoms with Crippen LogP contribution in [0, 0.1) is 0 Å². The molecule has 0 aliphatic rings. The molecule has 0 rings (SSSR count). The topological polar surface area (TPSA) is 218 Å². The molecule has 138 valence electrons. The second-order valence-corrected chi connectivity index (χ2v) is 7.91. The van der Waals surface area contributed by atoms with Gasteiger partial charge in [0.15, 0.2) is 0 Å². The first-order valence-electron chi connectivity index (χ1n) is 6.27. The van der Waals surface area contributed by atoms with Crippen LogP contribution < -0.4 is 11.5 Å². The summed E-state index contributed by atoms with van der Waals surface area (Å²) in [5.41, 5.74) is 10.6. The highest BCUT2D eigenvalue weighted by molar-refractivity contribution is 8.69. The van der Waals surface area contributed by atoms with Crippen molar-refractivity contribution >= 4 is 43.7 Å². The first kappa shape index (κ1) is 22.3. The molecule has 0 heterocycles. The van der Waals surface area contributed by atoms with Gasteiger partial charge in [0.1, 0.15) is 12.6 Å². The van der Waals surface area contributed by atoms with Crippen LogP contribution in [0.25, 0.3) is 0 Å². The van der Waals surface area contributed by atoms with Gasteiger partial charge in [-0.05, 0) is 17.2 Å². The minimum Gasteiger partial charge on any atom is -0.480 e. The molecule has 0 bridgehead atoms. The molecule has 0 aromatic rings. The Kier molecular flexibility index (Phi) is 8.84. The number of nitrogens with two attached hydrogens (primary N) is 2. The Labute approximate surface area is 140 Å². The Balaban J connectivity index is 4.96. The van der Waals surface area contributed by atoms with Crippen molar-refractivity contribution in [1.82, 2.24) is 4.90 Å². The number of rotatable bonds is 10. The van der Waals surface area contributed by atoms with E-state index < -0.39 is 63.7 Å². The molecule has 24 heavy (non-hydrogen) atoms. The highest BCUT2D eigenvalue weighted by Gasteiger charge is 2.29. The number of carboxylic acid groups (broad SMARTS) is 2. The minimum atomic E-state index is -4.47. The van der Waals surface area contributed by atoms with Gasteiger partial charge in [0.05, 0.1) is 6.04 Å². The van der Waals surface area contributed by atoms with Crippen molar-refractivity contribution in [3.8, 4) is 0 Å². The summed E-state index contributed by atoms with van der Waals surface area (Å²) in [5, 5.41) is 17.3. The SMILES string of the molecule is NC(CCC(=O)N(CC(=O)O)C(=O)C(N)CSS(=O)(=O)O)C(=O)O. The van der Waals surface area contributed by atoms with Gasteiger partial charge in [-0.15, -0.1) is 0 Å². The number of hydrogen-bond acceptors (Lipinski definition) is 9. The lowest BCUT2D eigenvalue weighted by Crippen LogP contribution is -2.50. The van der Waals surface area contributed by atoms with Crippen molar-refractivity contribution in [1.29, 1.82) is 0 Å². The van der Waals surface area contributed by atoms with E-state index in [1.54, 1.807) is 0 Å². The third-order valence-corrected chi connectivity index (χ3v) is 4.66. The number of carbonyl (C=O) groups is 4. The lowest BCUT2D eigenvalue weighted by Gasteiger charge is -2.22. The Morgan fingerprint density at radius 1 is 1.08 bits per heavy atom. The molecule has 12 nitrogen and oxygen atoms in total. The Bertz CT molecular complexity index is 607.